The van der Waals surface area contributed by atoms with Gasteiger partial charge in [0.05, 0.1) is 5.56 Å². The van der Waals surface area contributed by atoms with E-state index in [0.29, 0.717) is 19.4 Å². The Balaban J connectivity index is 2.10. The highest BCUT2D eigenvalue weighted by molar-refractivity contribution is 5.98. The average Bonchev–Trinajstić information content (AvgIpc) is 2.47. The van der Waals surface area contributed by atoms with E-state index >= 15 is 0 Å². The minimum absolute atomic E-state index is 0.112. The Bertz CT molecular complexity index is 607. The Morgan fingerprint density at radius 1 is 1.30 bits per heavy atom. The predicted molar refractivity (Wildman–Crippen MR) is 86.0 cm³/mol. The van der Waals surface area contributed by atoms with Gasteiger partial charge in [0.15, 0.2) is 5.78 Å². The number of amides is 1. The molecule has 1 atom stereocenters. The first-order chi connectivity index (χ1) is 10.7. The molecule has 0 aliphatic carbocycles. The summed E-state index contributed by atoms with van der Waals surface area (Å²) >= 11 is 0. The largest absolute Gasteiger partial charge is 0.444 e. The highest BCUT2D eigenvalue weighted by Crippen LogP contribution is 2.24. The minimum atomic E-state index is -0.573. The van der Waals surface area contributed by atoms with E-state index in [1.165, 1.54) is 6.07 Å². The Morgan fingerprint density at radius 2 is 2.00 bits per heavy atom. The molecule has 1 unspecified atom stereocenters. The summed E-state index contributed by atoms with van der Waals surface area (Å²) in [5.74, 6) is -1.12. The van der Waals surface area contributed by atoms with Crippen molar-refractivity contribution in [2.24, 2.45) is 5.92 Å². The molecule has 0 aromatic heterocycles. The highest BCUT2D eigenvalue weighted by Gasteiger charge is 2.32. The second-order valence-electron chi connectivity index (χ2n) is 7.11. The number of halogens is 1. The van der Waals surface area contributed by atoms with Gasteiger partial charge in [-0.15, -0.1) is 0 Å². The number of piperidine rings is 1. The molecule has 1 aliphatic rings. The van der Waals surface area contributed by atoms with E-state index in [2.05, 4.69) is 0 Å². The number of aryl methyl sites for hydroxylation is 1. The van der Waals surface area contributed by atoms with Gasteiger partial charge < -0.3 is 9.64 Å². The molecule has 1 aromatic carbocycles. The van der Waals surface area contributed by atoms with Crippen LogP contribution in [0.5, 0.6) is 0 Å². The normalized spacial score (nSPS) is 18.7. The molecule has 2 rings (SSSR count). The molecular formula is C18H24FNO3. The van der Waals surface area contributed by atoms with Gasteiger partial charge in [0, 0.05) is 19.0 Å². The van der Waals surface area contributed by atoms with E-state index in [0.717, 1.165) is 5.56 Å². The van der Waals surface area contributed by atoms with Crippen LogP contribution in [0.1, 0.15) is 49.5 Å². The van der Waals surface area contributed by atoms with Crippen LogP contribution in [0.25, 0.3) is 0 Å². The molecular weight excluding hydrogens is 297 g/mol. The van der Waals surface area contributed by atoms with Gasteiger partial charge in [-0.05, 0) is 52.7 Å². The first kappa shape index (κ1) is 17.4. The number of likely N-dealkylation sites (tertiary alicyclic amines) is 1. The van der Waals surface area contributed by atoms with Crippen LogP contribution in [0.3, 0.4) is 0 Å². The number of hydrogen-bond donors (Lipinski definition) is 0. The fraction of sp³-hybridized carbons (Fsp3) is 0.556. The van der Waals surface area contributed by atoms with Crippen molar-refractivity contribution in [3.05, 3.63) is 35.1 Å². The summed E-state index contributed by atoms with van der Waals surface area (Å²) in [6, 6.07) is 4.53. The number of carbonyl (C=O) groups is 2. The lowest BCUT2D eigenvalue weighted by atomic mass is 9.89. The molecule has 126 valence electrons. The molecule has 0 N–H and O–H groups in total. The summed E-state index contributed by atoms with van der Waals surface area (Å²) in [7, 11) is 0. The highest BCUT2D eigenvalue weighted by atomic mass is 19.1. The second-order valence-corrected chi connectivity index (χ2v) is 7.11. The molecule has 1 aliphatic heterocycles. The second kappa shape index (κ2) is 6.69. The van der Waals surface area contributed by atoms with Crippen molar-refractivity contribution in [1.29, 1.82) is 0 Å². The van der Waals surface area contributed by atoms with Gasteiger partial charge in [-0.1, -0.05) is 11.6 Å². The van der Waals surface area contributed by atoms with Crippen molar-refractivity contribution in [2.45, 2.75) is 46.1 Å². The van der Waals surface area contributed by atoms with Gasteiger partial charge in [-0.2, -0.15) is 0 Å². The van der Waals surface area contributed by atoms with Gasteiger partial charge in [-0.25, -0.2) is 9.18 Å². The van der Waals surface area contributed by atoms with Crippen LogP contribution in [0.15, 0.2) is 18.2 Å². The lowest BCUT2D eigenvalue weighted by Gasteiger charge is -2.33. The van der Waals surface area contributed by atoms with Crippen molar-refractivity contribution < 1.29 is 18.7 Å². The fourth-order valence-corrected chi connectivity index (χ4v) is 2.73. The maximum Gasteiger partial charge on any atom is 0.410 e. The molecule has 0 saturated carbocycles. The van der Waals surface area contributed by atoms with E-state index in [4.69, 9.17) is 4.74 Å². The van der Waals surface area contributed by atoms with Crippen molar-refractivity contribution in [2.75, 3.05) is 13.1 Å². The van der Waals surface area contributed by atoms with Gasteiger partial charge in [0.1, 0.15) is 11.4 Å². The summed E-state index contributed by atoms with van der Waals surface area (Å²) in [5, 5.41) is 0. The monoisotopic (exact) mass is 321 g/mol. The molecule has 1 fully saturated rings. The SMILES string of the molecule is Cc1ccc(F)c(C(=O)C2CCCN(C(=O)OC(C)(C)C)C2)c1. The maximum atomic E-state index is 13.9. The average molecular weight is 321 g/mol. The van der Waals surface area contributed by atoms with E-state index in [1.807, 2.05) is 6.92 Å². The van der Waals surface area contributed by atoms with Crippen LogP contribution in [-0.4, -0.2) is 35.5 Å². The Labute approximate surface area is 136 Å². The Kier molecular flexibility index (Phi) is 5.07. The first-order valence-corrected chi connectivity index (χ1v) is 7.95. The van der Waals surface area contributed by atoms with Crippen molar-refractivity contribution in [3.63, 3.8) is 0 Å². The molecule has 4 nitrogen and oxygen atoms in total. The van der Waals surface area contributed by atoms with Crippen LogP contribution in [0.4, 0.5) is 9.18 Å². The number of Topliss-reactive ketones (excluding diaryl/α,β-unsaturated/α-hetero) is 1. The van der Waals surface area contributed by atoms with Crippen molar-refractivity contribution in [1.82, 2.24) is 4.90 Å². The van der Waals surface area contributed by atoms with Crippen molar-refractivity contribution in [3.8, 4) is 0 Å². The van der Waals surface area contributed by atoms with Crippen LogP contribution in [0, 0.1) is 18.7 Å². The van der Waals surface area contributed by atoms with Crippen LogP contribution < -0.4 is 0 Å². The smallest absolute Gasteiger partial charge is 0.410 e. The number of hydrogen-bond acceptors (Lipinski definition) is 3. The quantitative estimate of drug-likeness (QED) is 0.775. The minimum Gasteiger partial charge on any atom is -0.444 e. The zero-order valence-electron chi connectivity index (χ0n) is 14.2. The zero-order chi connectivity index (χ0) is 17.2. The zero-order valence-corrected chi connectivity index (χ0v) is 14.2. The molecule has 5 heteroatoms. The maximum absolute atomic E-state index is 13.9. The number of benzene rings is 1. The number of rotatable bonds is 2. The van der Waals surface area contributed by atoms with Crippen molar-refractivity contribution >= 4 is 11.9 Å². The molecule has 1 heterocycles. The molecule has 23 heavy (non-hydrogen) atoms. The molecule has 1 saturated heterocycles. The molecule has 1 aromatic rings. The lowest BCUT2D eigenvalue weighted by Crippen LogP contribution is -2.44. The number of ether oxygens (including phenoxy) is 1. The van der Waals surface area contributed by atoms with E-state index in [-0.39, 0.29) is 23.8 Å². The fourth-order valence-electron chi connectivity index (χ4n) is 2.73. The van der Waals surface area contributed by atoms with E-state index < -0.39 is 17.5 Å². The van der Waals surface area contributed by atoms with Gasteiger partial charge in [0.2, 0.25) is 0 Å². The standard InChI is InChI=1S/C18H24FNO3/c1-12-7-8-15(19)14(10-12)16(21)13-6-5-9-20(11-13)17(22)23-18(2,3)4/h7-8,10,13H,5-6,9,11H2,1-4H3. The summed E-state index contributed by atoms with van der Waals surface area (Å²) in [4.78, 5) is 26.3. The van der Waals surface area contributed by atoms with Gasteiger partial charge >= 0.3 is 6.09 Å². The Hall–Kier alpha value is -1.91. The van der Waals surface area contributed by atoms with Gasteiger partial charge in [0.25, 0.3) is 0 Å². The van der Waals surface area contributed by atoms with Crippen LogP contribution in [0.2, 0.25) is 0 Å². The van der Waals surface area contributed by atoms with Crippen LogP contribution >= 0.6 is 0 Å². The third kappa shape index (κ3) is 4.53. The van der Waals surface area contributed by atoms with Crippen LogP contribution in [-0.2, 0) is 4.74 Å². The Morgan fingerprint density at radius 3 is 2.65 bits per heavy atom. The molecule has 0 bridgehead atoms. The molecule has 0 spiro atoms. The van der Waals surface area contributed by atoms with E-state index in [1.54, 1.807) is 37.8 Å². The lowest BCUT2D eigenvalue weighted by molar-refractivity contribution is 0.0171. The summed E-state index contributed by atoms with van der Waals surface area (Å²) in [6.07, 6.45) is 0.953. The number of nitrogens with zero attached hydrogens (tertiary/aromatic N) is 1. The first-order valence-electron chi connectivity index (χ1n) is 7.95. The number of ketones is 1. The number of carbonyl (C=O) groups excluding carboxylic acids is 2. The third-order valence-electron chi connectivity index (χ3n) is 3.83. The topological polar surface area (TPSA) is 46.6 Å². The summed E-state index contributed by atoms with van der Waals surface area (Å²) < 4.78 is 19.3. The molecule has 0 radical (unpaired) electrons. The van der Waals surface area contributed by atoms with Gasteiger partial charge in [-0.3, -0.25) is 4.79 Å². The molecule has 1 amide bonds. The van der Waals surface area contributed by atoms with E-state index in [9.17, 15) is 14.0 Å². The predicted octanol–water partition coefficient (Wildman–Crippen LogP) is 3.96. The summed E-state index contributed by atoms with van der Waals surface area (Å²) in [5.41, 5.74) is 0.382. The third-order valence-corrected chi connectivity index (χ3v) is 3.83. The summed E-state index contributed by atoms with van der Waals surface area (Å²) in [6.45, 7) is 8.08.